The van der Waals surface area contributed by atoms with Crippen molar-refractivity contribution in [1.29, 1.82) is 0 Å². The van der Waals surface area contributed by atoms with Gasteiger partial charge in [0.2, 0.25) is 0 Å². The van der Waals surface area contributed by atoms with E-state index in [9.17, 15) is 13.6 Å². The van der Waals surface area contributed by atoms with Gasteiger partial charge in [-0.3, -0.25) is 9.36 Å². The van der Waals surface area contributed by atoms with Gasteiger partial charge < -0.3 is 9.64 Å². The summed E-state index contributed by atoms with van der Waals surface area (Å²) in [6, 6.07) is 5.07. The lowest BCUT2D eigenvalue weighted by Gasteiger charge is -2.28. The number of fused-ring (bicyclic) bond motifs is 1. The van der Waals surface area contributed by atoms with E-state index in [-0.39, 0.29) is 16.6 Å². The molecule has 0 aliphatic carbocycles. The number of anilines is 1. The first-order chi connectivity index (χ1) is 13.0. The molecule has 140 valence electrons. The monoisotopic (exact) mass is 372 g/mol. The predicted octanol–water partition coefficient (Wildman–Crippen LogP) is 2.42. The average molecular weight is 372 g/mol. The molecule has 1 aromatic carbocycles. The number of aryl methyl sites for hydroxylation is 1. The molecule has 27 heavy (non-hydrogen) atoms. The summed E-state index contributed by atoms with van der Waals surface area (Å²) in [6.07, 6.45) is 0. The lowest BCUT2D eigenvalue weighted by atomic mass is 10.0. The zero-order valence-electron chi connectivity index (χ0n) is 15.0. The topological polar surface area (TPSA) is 60.2 Å². The summed E-state index contributed by atoms with van der Waals surface area (Å²) >= 11 is 0. The molecule has 0 bridgehead atoms. The number of ether oxygens (including phenoxy) is 1. The van der Waals surface area contributed by atoms with Crippen molar-refractivity contribution in [3.05, 3.63) is 52.1 Å². The van der Waals surface area contributed by atoms with E-state index in [4.69, 9.17) is 4.74 Å². The highest BCUT2D eigenvalue weighted by Gasteiger charge is 2.20. The average Bonchev–Trinajstić information content (AvgIpc) is 2.67. The molecule has 0 saturated carbocycles. The van der Waals surface area contributed by atoms with Crippen molar-refractivity contribution in [2.45, 2.75) is 6.92 Å². The molecule has 1 aliphatic heterocycles. The Hall–Kier alpha value is -2.87. The normalized spacial score (nSPS) is 14.7. The third-order valence-electron chi connectivity index (χ3n) is 4.80. The molecule has 4 rings (SSSR count). The van der Waals surface area contributed by atoms with Gasteiger partial charge in [0.1, 0.15) is 28.8 Å². The van der Waals surface area contributed by atoms with E-state index >= 15 is 0 Å². The van der Waals surface area contributed by atoms with Gasteiger partial charge in [-0.25, -0.2) is 18.7 Å². The van der Waals surface area contributed by atoms with Gasteiger partial charge in [0.25, 0.3) is 5.56 Å². The van der Waals surface area contributed by atoms with Crippen LogP contribution in [-0.4, -0.2) is 40.8 Å². The van der Waals surface area contributed by atoms with Crippen LogP contribution >= 0.6 is 0 Å². The highest BCUT2D eigenvalue weighted by atomic mass is 19.1. The number of aromatic nitrogens is 3. The zero-order chi connectivity index (χ0) is 19.1. The van der Waals surface area contributed by atoms with Crippen molar-refractivity contribution < 1.29 is 13.5 Å². The van der Waals surface area contributed by atoms with Gasteiger partial charge in [-0.2, -0.15) is 0 Å². The summed E-state index contributed by atoms with van der Waals surface area (Å²) in [7, 11) is 1.62. The first kappa shape index (κ1) is 17.5. The second kappa shape index (κ2) is 6.70. The van der Waals surface area contributed by atoms with Crippen LogP contribution < -0.4 is 10.5 Å². The number of hydrogen-bond donors (Lipinski definition) is 0. The molecule has 3 aromatic rings. The summed E-state index contributed by atoms with van der Waals surface area (Å²) in [5.41, 5.74) is 0.749. The maximum Gasteiger partial charge on any atom is 0.279 e. The number of halogens is 2. The molecule has 1 saturated heterocycles. The van der Waals surface area contributed by atoms with Crippen molar-refractivity contribution in [3.8, 4) is 11.1 Å². The van der Waals surface area contributed by atoms with Gasteiger partial charge >= 0.3 is 0 Å². The number of rotatable bonds is 2. The molecular weight excluding hydrogens is 354 g/mol. The lowest BCUT2D eigenvalue weighted by molar-refractivity contribution is 0.122. The van der Waals surface area contributed by atoms with Crippen LogP contribution in [0, 0.1) is 18.6 Å². The fraction of sp³-hybridized carbons (Fsp3) is 0.316. The minimum Gasteiger partial charge on any atom is -0.378 e. The minimum absolute atomic E-state index is 0.158. The van der Waals surface area contributed by atoms with Gasteiger partial charge in [-0.05, 0) is 25.1 Å². The Bertz CT molecular complexity index is 1090. The van der Waals surface area contributed by atoms with Crippen molar-refractivity contribution >= 4 is 16.9 Å². The third kappa shape index (κ3) is 3.06. The summed E-state index contributed by atoms with van der Waals surface area (Å²) in [5.74, 6) is -0.344. The zero-order valence-corrected chi connectivity index (χ0v) is 15.0. The molecule has 1 aliphatic rings. The molecule has 0 amide bonds. The molecule has 8 heteroatoms. The van der Waals surface area contributed by atoms with Crippen molar-refractivity contribution in [1.82, 2.24) is 14.5 Å². The number of morpholine rings is 1. The SMILES string of the molecule is Cc1nc2c(-c3ccc(F)cc3F)cc(N3CCOCC3)nc2c(=O)n1C. The van der Waals surface area contributed by atoms with Crippen molar-refractivity contribution in [3.63, 3.8) is 0 Å². The molecule has 2 aromatic heterocycles. The number of benzene rings is 1. The standard InChI is InChI=1S/C19H18F2N4O2/c1-11-22-17-14(13-4-3-12(20)9-15(13)21)10-16(25-5-7-27-8-6-25)23-18(17)19(26)24(11)2/h3-4,9-10H,5-8H2,1-2H3. The highest BCUT2D eigenvalue weighted by Crippen LogP contribution is 2.31. The minimum atomic E-state index is -0.712. The maximum atomic E-state index is 14.5. The smallest absolute Gasteiger partial charge is 0.279 e. The van der Waals surface area contributed by atoms with Gasteiger partial charge in [-0.15, -0.1) is 0 Å². The summed E-state index contributed by atoms with van der Waals surface area (Å²) in [4.78, 5) is 23.7. The van der Waals surface area contributed by atoms with E-state index < -0.39 is 11.6 Å². The summed E-state index contributed by atoms with van der Waals surface area (Å²) in [5, 5.41) is 0. The fourth-order valence-electron chi connectivity index (χ4n) is 3.20. The van der Waals surface area contributed by atoms with Gasteiger partial charge in [-0.1, -0.05) is 0 Å². The lowest BCUT2D eigenvalue weighted by Crippen LogP contribution is -2.37. The van der Waals surface area contributed by atoms with E-state index in [1.807, 2.05) is 4.90 Å². The van der Waals surface area contributed by atoms with E-state index in [0.29, 0.717) is 49.0 Å². The second-order valence-corrected chi connectivity index (χ2v) is 6.47. The van der Waals surface area contributed by atoms with E-state index in [1.165, 1.54) is 16.7 Å². The first-order valence-corrected chi connectivity index (χ1v) is 8.62. The Morgan fingerprint density at radius 1 is 1.04 bits per heavy atom. The van der Waals surface area contributed by atoms with E-state index in [2.05, 4.69) is 9.97 Å². The molecule has 0 spiro atoms. The van der Waals surface area contributed by atoms with Crippen molar-refractivity contribution in [2.75, 3.05) is 31.2 Å². The van der Waals surface area contributed by atoms with Crippen LogP contribution in [0.5, 0.6) is 0 Å². The van der Waals surface area contributed by atoms with Crippen LogP contribution in [-0.2, 0) is 11.8 Å². The summed E-state index contributed by atoms with van der Waals surface area (Å²) < 4.78 is 34.7. The number of nitrogens with zero attached hydrogens (tertiary/aromatic N) is 4. The molecule has 6 nitrogen and oxygen atoms in total. The van der Waals surface area contributed by atoms with Crippen LogP contribution in [0.25, 0.3) is 22.2 Å². The van der Waals surface area contributed by atoms with Gasteiger partial charge in [0.15, 0.2) is 5.52 Å². The van der Waals surface area contributed by atoms with Crippen molar-refractivity contribution in [2.24, 2.45) is 7.05 Å². The van der Waals surface area contributed by atoms with Crippen LogP contribution in [0.2, 0.25) is 0 Å². The molecule has 0 N–H and O–H groups in total. The first-order valence-electron chi connectivity index (χ1n) is 8.62. The molecular formula is C19H18F2N4O2. The van der Waals surface area contributed by atoms with Crippen LogP contribution in [0.15, 0.2) is 29.1 Å². The Kier molecular flexibility index (Phi) is 4.35. The van der Waals surface area contributed by atoms with Gasteiger partial charge in [0, 0.05) is 37.3 Å². The third-order valence-corrected chi connectivity index (χ3v) is 4.80. The van der Waals surface area contributed by atoms with Gasteiger partial charge in [0.05, 0.1) is 13.2 Å². The Morgan fingerprint density at radius 2 is 1.78 bits per heavy atom. The molecule has 0 radical (unpaired) electrons. The number of pyridine rings is 1. The Balaban J connectivity index is 2.04. The number of hydrogen-bond acceptors (Lipinski definition) is 5. The highest BCUT2D eigenvalue weighted by molar-refractivity contribution is 5.93. The van der Waals surface area contributed by atoms with Crippen LogP contribution in [0.4, 0.5) is 14.6 Å². The molecule has 0 unspecified atom stereocenters. The maximum absolute atomic E-state index is 14.5. The molecule has 3 heterocycles. The van der Waals surface area contributed by atoms with Crippen LogP contribution in [0.3, 0.4) is 0 Å². The Labute approximate surface area is 154 Å². The fourth-order valence-corrected chi connectivity index (χ4v) is 3.20. The molecule has 1 fully saturated rings. The second-order valence-electron chi connectivity index (χ2n) is 6.47. The quantitative estimate of drug-likeness (QED) is 0.691. The Morgan fingerprint density at radius 3 is 2.48 bits per heavy atom. The molecule has 0 atom stereocenters. The predicted molar refractivity (Wildman–Crippen MR) is 97.9 cm³/mol. The van der Waals surface area contributed by atoms with Crippen LogP contribution in [0.1, 0.15) is 5.82 Å². The largest absolute Gasteiger partial charge is 0.378 e. The summed E-state index contributed by atoms with van der Waals surface area (Å²) in [6.45, 7) is 4.02. The van der Waals surface area contributed by atoms with E-state index in [1.54, 1.807) is 20.0 Å². The van der Waals surface area contributed by atoms with E-state index in [0.717, 1.165) is 6.07 Å².